The summed E-state index contributed by atoms with van der Waals surface area (Å²) in [5.74, 6) is 0.000603. The molecule has 3 aromatic rings. The average Bonchev–Trinajstić information content (AvgIpc) is 2.61. The lowest BCUT2D eigenvalue weighted by Gasteiger charge is -2.08. The number of rotatable bonds is 3. The quantitative estimate of drug-likeness (QED) is 0.561. The van der Waals surface area contributed by atoms with Gasteiger partial charge in [0.25, 0.3) is 11.5 Å². The van der Waals surface area contributed by atoms with Crippen LogP contribution in [0.1, 0.15) is 10.4 Å². The van der Waals surface area contributed by atoms with Crippen LogP contribution in [-0.2, 0) is 0 Å². The number of amides is 1. The highest BCUT2D eigenvalue weighted by Gasteiger charge is 2.15. The van der Waals surface area contributed by atoms with Gasteiger partial charge in [0.15, 0.2) is 11.3 Å². The van der Waals surface area contributed by atoms with E-state index in [1.54, 1.807) is 48.5 Å². The summed E-state index contributed by atoms with van der Waals surface area (Å²) in [5, 5.41) is 16.2. The molecule has 0 spiro atoms. The van der Waals surface area contributed by atoms with Gasteiger partial charge in [-0.05, 0) is 41.6 Å². The standard InChI is InChI=1S/C17H13ClN2O4/c1-23-14-4-2-3-10-9-13(17(20-22)24-15(10)14)16(21)19-12-7-5-11(18)6-8-12/h2-9,22H,1H3,(H,19,21)/b20-17+. The molecule has 0 aliphatic rings. The van der Waals surface area contributed by atoms with Gasteiger partial charge in [-0.3, -0.25) is 4.79 Å². The Morgan fingerprint density at radius 1 is 1.25 bits per heavy atom. The maximum atomic E-state index is 12.5. The molecule has 0 unspecified atom stereocenters. The van der Waals surface area contributed by atoms with E-state index in [2.05, 4.69) is 10.5 Å². The van der Waals surface area contributed by atoms with Crippen molar-refractivity contribution < 1.29 is 19.2 Å². The fourth-order valence-electron chi connectivity index (χ4n) is 2.25. The molecule has 0 aliphatic heterocycles. The third kappa shape index (κ3) is 3.04. The Bertz CT molecular complexity index is 964. The summed E-state index contributed by atoms with van der Waals surface area (Å²) in [6.07, 6.45) is 0. The van der Waals surface area contributed by atoms with E-state index in [4.69, 9.17) is 20.8 Å². The number of carbonyl (C=O) groups excluding carboxylic acids is 1. The van der Waals surface area contributed by atoms with E-state index in [1.807, 2.05) is 0 Å². The molecule has 0 saturated heterocycles. The summed E-state index contributed by atoms with van der Waals surface area (Å²) in [6.45, 7) is 0. The predicted octanol–water partition coefficient (Wildman–Crippen LogP) is 3.64. The molecule has 24 heavy (non-hydrogen) atoms. The van der Waals surface area contributed by atoms with Crippen LogP contribution in [0.3, 0.4) is 0 Å². The molecule has 0 bridgehead atoms. The van der Waals surface area contributed by atoms with Crippen molar-refractivity contribution in [3.05, 3.63) is 64.7 Å². The van der Waals surface area contributed by atoms with Crippen LogP contribution in [0.4, 0.5) is 5.69 Å². The number of nitrogens with zero attached hydrogens (tertiary/aromatic N) is 1. The topological polar surface area (TPSA) is 84.1 Å². The van der Waals surface area contributed by atoms with Gasteiger partial charge in [-0.2, -0.15) is 0 Å². The molecule has 1 heterocycles. The fraction of sp³-hybridized carbons (Fsp3) is 0.0588. The van der Waals surface area contributed by atoms with E-state index in [-0.39, 0.29) is 11.1 Å². The molecule has 3 rings (SSSR count). The second kappa shape index (κ2) is 6.64. The van der Waals surface area contributed by atoms with Crippen LogP contribution >= 0.6 is 11.6 Å². The number of fused-ring (bicyclic) bond motifs is 1. The van der Waals surface area contributed by atoms with Crippen molar-refractivity contribution in [1.82, 2.24) is 0 Å². The number of carbonyl (C=O) groups is 1. The number of ether oxygens (including phenoxy) is 1. The second-order valence-corrected chi connectivity index (χ2v) is 5.34. The van der Waals surface area contributed by atoms with Crippen LogP contribution in [0.5, 0.6) is 5.75 Å². The van der Waals surface area contributed by atoms with Crippen LogP contribution in [-0.4, -0.2) is 18.2 Å². The van der Waals surface area contributed by atoms with Crippen molar-refractivity contribution in [3.8, 4) is 5.75 Å². The first-order valence-corrected chi connectivity index (χ1v) is 7.36. The predicted molar refractivity (Wildman–Crippen MR) is 89.5 cm³/mol. The van der Waals surface area contributed by atoms with Crippen LogP contribution in [0, 0.1) is 0 Å². The van der Waals surface area contributed by atoms with Crippen molar-refractivity contribution >= 4 is 34.2 Å². The molecule has 2 aromatic carbocycles. The van der Waals surface area contributed by atoms with Crippen LogP contribution in [0.25, 0.3) is 11.0 Å². The van der Waals surface area contributed by atoms with Crippen molar-refractivity contribution in [1.29, 1.82) is 0 Å². The monoisotopic (exact) mass is 344 g/mol. The SMILES string of the molecule is COc1cccc2cc(C(=O)Nc3ccc(Cl)cc3)/c(=N\O)oc12. The van der Waals surface area contributed by atoms with Crippen LogP contribution < -0.4 is 15.6 Å². The van der Waals surface area contributed by atoms with E-state index >= 15 is 0 Å². The minimum absolute atomic E-state index is 0.0909. The number of para-hydroxylation sites is 1. The van der Waals surface area contributed by atoms with E-state index in [1.165, 1.54) is 7.11 Å². The maximum Gasteiger partial charge on any atom is 0.268 e. The molecule has 0 radical (unpaired) electrons. The third-order valence-corrected chi connectivity index (χ3v) is 3.65. The summed E-state index contributed by atoms with van der Waals surface area (Å²) in [4.78, 5) is 12.5. The Morgan fingerprint density at radius 2 is 2.00 bits per heavy atom. The van der Waals surface area contributed by atoms with E-state index in [9.17, 15) is 10.0 Å². The molecule has 2 N–H and O–H groups in total. The van der Waals surface area contributed by atoms with Crippen LogP contribution in [0.2, 0.25) is 5.02 Å². The number of halogens is 1. The molecule has 122 valence electrons. The lowest BCUT2D eigenvalue weighted by molar-refractivity contribution is 0.102. The second-order valence-electron chi connectivity index (χ2n) is 4.90. The van der Waals surface area contributed by atoms with Gasteiger partial charge in [-0.25, -0.2) is 0 Å². The zero-order valence-corrected chi connectivity index (χ0v) is 13.4. The van der Waals surface area contributed by atoms with Gasteiger partial charge in [0.05, 0.1) is 7.11 Å². The Morgan fingerprint density at radius 3 is 2.67 bits per heavy atom. The zero-order valence-electron chi connectivity index (χ0n) is 12.6. The fourth-order valence-corrected chi connectivity index (χ4v) is 2.38. The highest BCUT2D eigenvalue weighted by atomic mass is 35.5. The van der Waals surface area contributed by atoms with Gasteiger partial charge in [0.2, 0.25) is 0 Å². The summed E-state index contributed by atoms with van der Waals surface area (Å²) in [5.41, 5.74) is 0.821. The minimum Gasteiger partial charge on any atom is -0.493 e. The zero-order chi connectivity index (χ0) is 17.1. The molecule has 1 amide bonds. The molecule has 0 fully saturated rings. The Balaban J connectivity index is 2.05. The molecule has 0 aliphatic carbocycles. The molecule has 7 heteroatoms. The first-order chi connectivity index (χ1) is 11.6. The number of nitrogens with one attached hydrogen (secondary N) is 1. The highest BCUT2D eigenvalue weighted by molar-refractivity contribution is 6.30. The minimum atomic E-state index is -0.474. The van der Waals surface area contributed by atoms with Crippen molar-refractivity contribution in [2.24, 2.45) is 5.16 Å². The van der Waals surface area contributed by atoms with Crippen LogP contribution in [0.15, 0.2) is 58.1 Å². The van der Waals surface area contributed by atoms with Crippen molar-refractivity contribution in [3.63, 3.8) is 0 Å². The Hall–Kier alpha value is -2.99. The summed E-state index contributed by atoms with van der Waals surface area (Å²) >= 11 is 5.82. The molecular weight excluding hydrogens is 332 g/mol. The molecule has 6 nitrogen and oxygen atoms in total. The maximum absolute atomic E-state index is 12.5. The summed E-state index contributed by atoms with van der Waals surface area (Å²) < 4.78 is 10.7. The van der Waals surface area contributed by atoms with Gasteiger partial charge in [-0.1, -0.05) is 23.7 Å². The van der Waals surface area contributed by atoms with E-state index in [0.29, 0.717) is 27.4 Å². The Kier molecular flexibility index (Phi) is 4.39. The lowest BCUT2D eigenvalue weighted by Crippen LogP contribution is -2.21. The van der Waals surface area contributed by atoms with Crippen molar-refractivity contribution in [2.45, 2.75) is 0 Å². The highest BCUT2D eigenvalue weighted by Crippen LogP contribution is 2.24. The number of hydrogen-bond acceptors (Lipinski definition) is 5. The summed E-state index contributed by atoms with van der Waals surface area (Å²) in [7, 11) is 1.50. The van der Waals surface area contributed by atoms with Gasteiger partial charge >= 0.3 is 0 Å². The number of anilines is 1. The number of hydrogen-bond donors (Lipinski definition) is 2. The molecule has 1 aromatic heterocycles. The molecular formula is C17H13ClN2O4. The first kappa shape index (κ1) is 15.9. The molecule has 0 atom stereocenters. The van der Waals surface area contributed by atoms with Gasteiger partial charge < -0.3 is 19.7 Å². The number of methoxy groups -OCH3 is 1. The van der Waals surface area contributed by atoms with Gasteiger partial charge in [-0.15, -0.1) is 0 Å². The van der Waals surface area contributed by atoms with E-state index in [0.717, 1.165) is 0 Å². The Labute approximate surface area is 141 Å². The molecule has 0 saturated carbocycles. The van der Waals surface area contributed by atoms with Gasteiger partial charge in [0, 0.05) is 16.1 Å². The van der Waals surface area contributed by atoms with Crippen molar-refractivity contribution in [2.75, 3.05) is 12.4 Å². The number of benzene rings is 2. The first-order valence-electron chi connectivity index (χ1n) is 6.98. The normalized spacial score (nSPS) is 11.5. The van der Waals surface area contributed by atoms with E-state index < -0.39 is 5.91 Å². The lowest BCUT2D eigenvalue weighted by atomic mass is 10.1. The average molecular weight is 345 g/mol. The largest absolute Gasteiger partial charge is 0.493 e. The van der Waals surface area contributed by atoms with Gasteiger partial charge in [0.1, 0.15) is 5.56 Å². The summed E-state index contributed by atoms with van der Waals surface area (Å²) in [6, 6.07) is 13.5. The third-order valence-electron chi connectivity index (χ3n) is 3.40. The smallest absolute Gasteiger partial charge is 0.268 e.